The van der Waals surface area contributed by atoms with E-state index in [2.05, 4.69) is 30.5 Å². The van der Waals surface area contributed by atoms with Crippen LogP contribution in [0, 0.1) is 12.8 Å². The lowest BCUT2D eigenvalue weighted by Crippen LogP contribution is -2.41. The fraction of sp³-hybridized carbons (Fsp3) is 0.611. The van der Waals surface area contributed by atoms with Gasteiger partial charge < -0.3 is 10.6 Å². The number of anilines is 1. The minimum atomic E-state index is 0.0658. The summed E-state index contributed by atoms with van der Waals surface area (Å²) in [5, 5.41) is 6.61. The van der Waals surface area contributed by atoms with Crippen LogP contribution in [-0.2, 0) is 0 Å². The molecule has 1 aliphatic carbocycles. The van der Waals surface area contributed by atoms with Gasteiger partial charge in [-0.05, 0) is 44.2 Å². The molecule has 0 bridgehead atoms. The first kappa shape index (κ1) is 15.9. The molecule has 1 fully saturated rings. The van der Waals surface area contributed by atoms with Gasteiger partial charge in [0, 0.05) is 18.3 Å². The van der Waals surface area contributed by atoms with E-state index in [1.54, 1.807) is 0 Å². The number of hydrogen-bond donors (Lipinski definition) is 2. The average Bonchev–Trinajstić information content (AvgIpc) is 2.48. The first-order valence-corrected chi connectivity index (χ1v) is 8.27. The Morgan fingerprint density at radius 1 is 1.29 bits per heavy atom. The van der Waals surface area contributed by atoms with Crippen LogP contribution in [-0.4, -0.2) is 18.5 Å². The Hall–Kier alpha value is -1.51. The third kappa shape index (κ3) is 4.23. The quantitative estimate of drug-likeness (QED) is 0.855. The van der Waals surface area contributed by atoms with Crippen LogP contribution in [0.1, 0.15) is 61.9 Å². The SMILES string of the molecule is CCCNc1ccc(C)cc1C(=O)NC1CCCCC1C. The van der Waals surface area contributed by atoms with Gasteiger partial charge in [0.15, 0.2) is 0 Å². The first-order chi connectivity index (χ1) is 10.1. The number of amides is 1. The van der Waals surface area contributed by atoms with Crippen molar-refractivity contribution in [2.24, 2.45) is 5.92 Å². The normalized spacial score (nSPS) is 21.9. The van der Waals surface area contributed by atoms with E-state index in [0.29, 0.717) is 12.0 Å². The second-order valence-electron chi connectivity index (χ2n) is 6.32. The Morgan fingerprint density at radius 3 is 2.76 bits per heavy atom. The third-order valence-electron chi connectivity index (χ3n) is 4.41. The summed E-state index contributed by atoms with van der Waals surface area (Å²) in [6.45, 7) is 7.30. The minimum absolute atomic E-state index is 0.0658. The monoisotopic (exact) mass is 288 g/mol. The molecule has 2 unspecified atom stereocenters. The number of rotatable bonds is 5. The zero-order valence-corrected chi connectivity index (χ0v) is 13.5. The van der Waals surface area contributed by atoms with Gasteiger partial charge >= 0.3 is 0 Å². The van der Waals surface area contributed by atoms with Crippen molar-refractivity contribution in [1.29, 1.82) is 0 Å². The van der Waals surface area contributed by atoms with Crippen LogP contribution in [0.15, 0.2) is 18.2 Å². The zero-order chi connectivity index (χ0) is 15.2. The second kappa shape index (κ2) is 7.48. The summed E-state index contributed by atoms with van der Waals surface area (Å²) in [7, 11) is 0. The standard InChI is InChI=1S/C18H28N2O/c1-4-11-19-17-10-9-13(2)12-15(17)18(21)20-16-8-6-5-7-14(16)3/h9-10,12,14,16,19H,4-8,11H2,1-3H3,(H,20,21). The molecule has 0 radical (unpaired) electrons. The van der Waals surface area contributed by atoms with Crippen LogP contribution in [0.4, 0.5) is 5.69 Å². The van der Waals surface area contributed by atoms with Crippen molar-refractivity contribution in [1.82, 2.24) is 5.32 Å². The summed E-state index contributed by atoms with van der Waals surface area (Å²) in [5.41, 5.74) is 2.85. The number of hydrogen-bond acceptors (Lipinski definition) is 2. The van der Waals surface area contributed by atoms with Gasteiger partial charge in [-0.3, -0.25) is 4.79 Å². The predicted molar refractivity (Wildman–Crippen MR) is 88.8 cm³/mol. The molecule has 2 atom stereocenters. The van der Waals surface area contributed by atoms with Crippen LogP contribution < -0.4 is 10.6 Å². The van der Waals surface area contributed by atoms with Crippen molar-refractivity contribution < 1.29 is 4.79 Å². The van der Waals surface area contributed by atoms with E-state index in [-0.39, 0.29) is 5.91 Å². The lowest BCUT2D eigenvalue weighted by molar-refractivity contribution is 0.0911. The number of aryl methyl sites for hydroxylation is 1. The molecular weight excluding hydrogens is 260 g/mol. The highest BCUT2D eigenvalue weighted by molar-refractivity contribution is 6.00. The van der Waals surface area contributed by atoms with E-state index in [1.807, 2.05) is 19.1 Å². The maximum absolute atomic E-state index is 12.6. The molecule has 1 aromatic rings. The summed E-state index contributed by atoms with van der Waals surface area (Å²) in [4.78, 5) is 12.6. The molecule has 1 aliphatic rings. The van der Waals surface area contributed by atoms with Crippen molar-refractivity contribution in [2.45, 2.75) is 58.9 Å². The molecule has 2 rings (SSSR count). The van der Waals surface area contributed by atoms with E-state index in [9.17, 15) is 4.79 Å². The molecule has 0 saturated heterocycles. The lowest BCUT2D eigenvalue weighted by atomic mass is 9.86. The molecule has 0 heterocycles. The van der Waals surface area contributed by atoms with Gasteiger partial charge in [0.25, 0.3) is 5.91 Å². The van der Waals surface area contributed by atoms with E-state index >= 15 is 0 Å². The highest BCUT2D eigenvalue weighted by Gasteiger charge is 2.24. The van der Waals surface area contributed by atoms with Crippen LogP contribution >= 0.6 is 0 Å². The average molecular weight is 288 g/mol. The number of carbonyl (C=O) groups excluding carboxylic acids is 1. The van der Waals surface area contributed by atoms with E-state index in [0.717, 1.165) is 36.2 Å². The van der Waals surface area contributed by atoms with Gasteiger partial charge in [-0.2, -0.15) is 0 Å². The summed E-state index contributed by atoms with van der Waals surface area (Å²) < 4.78 is 0. The highest BCUT2D eigenvalue weighted by atomic mass is 16.1. The summed E-state index contributed by atoms with van der Waals surface area (Å²) in [6, 6.07) is 6.38. The molecule has 1 saturated carbocycles. The van der Waals surface area contributed by atoms with Crippen molar-refractivity contribution in [2.75, 3.05) is 11.9 Å². The molecule has 21 heavy (non-hydrogen) atoms. The Kier molecular flexibility index (Phi) is 5.66. The molecule has 2 N–H and O–H groups in total. The highest BCUT2D eigenvalue weighted by Crippen LogP contribution is 2.25. The molecule has 0 aliphatic heterocycles. The maximum atomic E-state index is 12.6. The molecular formula is C18H28N2O. The number of nitrogens with one attached hydrogen (secondary N) is 2. The third-order valence-corrected chi connectivity index (χ3v) is 4.41. The van der Waals surface area contributed by atoms with E-state index in [4.69, 9.17) is 0 Å². The number of carbonyl (C=O) groups is 1. The van der Waals surface area contributed by atoms with Gasteiger partial charge in [-0.1, -0.05) is 38.3 Å². The Bertz CT molecular complexity index is 484. The van der Waals surface area contributed by atoms with Gasteiger partial charge in [-0.25, -0.2) is 0 Å². The molecule has 116 valence electrons. The molecule has 0 spiro atoms. The largest absolute Gasteiger partial charge is 0.384 e. The number of benzene rings is 1. The van der Waals surface area contributed by atoms with E-state index < -0.39 is 0 Å². The second-order valence-corrected chi connectivity index (χ2v) is 6.32. The zero-order valence-electron chi connectivity index (χ0n) is 13.5. The molecule has 0 aromatic heterocycles. The van der Waals surface area contributed by atoms with Crippen LogP contribution in [0.2, 0.25) is 0 Å². The molecule has 1 amide bonds. The van der Waals surface area contributed by atoms with Gasteiger partial charge in [0.2, 0.25) is 0 Å². The van der Waals surface area contributed by atoms with Crippen molar-refractivity contribution in [3.63, 3.8) is 0 Å². The summed E-state index contributed by atoms with van der Waals surface area (Å²) >= 11 is 0. The van der Waals surface area contributed by atoms with Crippen molar-refractivity contribution in [3.8, 4) is 0 Å². The van der Waals surface area contributed by atoms with Crippen molar-refractivity contribution >= 4 is 11.6 Å². The van der Waals surface area contributed by atoms with Crippen LogP contribution in [0.3, 0.4) is 0 Å². The Balaban J connectivity index is 2.11. The predicted octanol–water partition coefficient (Wildman–Crippen LogP) is 4.13. The van der Waals surface area contributed by atoms with E-state index in [1.165, 1.54) is 19.3 Å². The smallest absolute Gasteiger partial charge is 0.253 e. The van der Waals surface area contributed by atoms with Crippen LogP contribution in [0.5, 0.6) is 0 Å². The van der Waals surface area contributed by atoms with Crippen LogP contribution in [0.25, 0.3) is 0 Å². The Labute approximate surface area is 128 Å². The molecule has 1 aromatic carbocycles. The fourth-order valence-corrected chi connectivity index (χ4v) is 3.04. The van der Waals surface area contributed by atoms with Gasteiger partial charge in [0.1, 0.15) is 0 Å². The first-order valence-electron chi connectivity index (χ1n) is 8.27. The topological polar surface area (TPSA) is 41.1 Å². The minimum Gasteiger partial charge on any atom is -0.384 e. The van der Waals surface area contributed by atoms with Crippen molar-refractivity contribution in [3.05, 3.63) is 29.3 Å². The maximum Gasteiger partial charge on any atom is 0.253 e. The van der Waals surface area contributed by atoms with Gasteiger partial charge in [0.05, 0.1) is 5.56 Å². The molecule has 3 heteroatoms. The Morgan fingerprint density at radius 2 is 2.05 bits per heavy atom. The van der Waals surface area contributed by atoms with Gasteiger partial charge in [-0.15, -0.1) is 0 Å². The summed E-state index contributed by atoms with van der Waals surface area (Å²) in [5.74, 6) is 0.649. The molecule has 3 nitrogen and oxygen atoms in total. The summed E-state index contributed by atoms with van der Waals surface area (Å²) in [6.07, 6.45) is 5.90. The lowest BCUT2D eigenvalue weighted by Gasteiger charge is -2.29. The fourth-order valence-electron chi connectivity index (χ4n) is 3.04.